The summed E-state index contributed by atoms with van der Waals surface area (Å²) < 4.78 is 6.20. The van der Waals surface area contributed by atoms with Crippen molar-refractivity contribution in [2.24, 2.45) is 0 Å². The molecule has 1 saturated heterocycles. The lowest BCUT2D eigenvalue weighted by atomic mass is 10.2. The Morgan fingerprint density at radius 1 is 1.30 bits per heavy atom. The molecule has 1 fully saturated rings. The Morgan fingerprint density at radius 2 is 2.00 bits per heavy atom. The van der Waals surface area contributed by atoms with Crippen molar-refractivity contribution in [1.82, 2.24) is 14.9 Å². The molecule has 2 heterocycles. The Hall–Kier alpha value is -0.720. The van der Waals surface area contributed by atoms with Crippen LogP contribution in [0.25, 0.3) is 0 Å². The van der Waals surface area contributed by atoms with Crippen molar-refractivity contribution in [3.8, 4) is 0 Å². The van der Waals surface area contributed by atoms with E-state index in [4.69, 9.17) is 4.74 Å². The van der Waals surface area contributed by atoms with Gasteiger partial charge in [0.2, 0.25) is 0 Å². The second-order valence-corrected chi connectivity index (χ2v) is 6.36. The summed E-state index contributed by atoms with van der Waals surface area (Å²) in [6.07, 6.45) is 0. The normalized spacial score (nSPS) is 18.2. The van der Waals surface area contributed by atoms with Crippen LogP contribution in [0.1, 0.15) is 32.5 Å². The van der Waals surface area contributed by atoms with E-state index in [0.717, 1.165) is 49.1 Å². The molecule has 5 nitrogen and oxygen atoms in total. The fraction of sp³-hybridized carbons (Fsp3) is 0.714. The van der Waals surface area contributed by atoms with E-state index in [-0.39, 0.29) is 0 Å². The van der Waals surface area contributed by atoms with Crippen LogP contribution in [0.2, 0.25) is 0 Å². The SMILES string of the molecule is CC(CN1CCOCC1)Nc1cc(Br)nc(C(C)C)n1. The maximum atomic E-state index is 5.37. The van der Waals surface area contributed by atoms with E-state index in [9.17, 15) is 0 Å². The molecule has 1 aliphatic rings. The largest absolute Gasteiger partial charge is 0.379 e. The molecule has 6 heteroatoms. The molecule has 1 atom stereocenters. The highest BCUT2D eigenvalue weighted by molar-refractivity contribution is 9.10. The van der Waals surface area contributed by atoms with Gasteiger partial charge < -0.3 is 10.1 Å². The quantitative estimate of drug-likeness (QED) is 0.833. The standard InChI is InChI=1S/C14H23BrN4O/c1-10(2)14-17-12(15)8-13(18-14)16-11(3)9-19-4-6-20-7-5-19/h8,10-11H,4-7,9H2,1-3H3,(H,16,17,18). The zero-order chi connectivity index (χ0) is 14.5. The Bertz CT molecular complexity index is 435. The van der Waals surface area contributed by atoms with Crippen LogP contribution in [-0.2, 0) is 4.74 Å². The summed E-state index contributed by atoms with van der Waals surface area (Å²) >= 11 is 3.45. The van der Waals surface area contributed by atoms with Crippen LogP contribution < -0.4 is 5.32 Å². The summed E-state index contributed by atoms with van der Waals surface area (Å²) in [6, 6.07) is 2.27. The highest BCUT2D eigenvalue weighted by atomic mass is 79.9. The molecule has 1 aromatic heterocycles. The first-order chi connectivity index (χ1) is 9.54. The molecule has 1 N–H and O–H groups in total. The molecule has 0 saturated carbocycles. The van der Waals surface area contributed by atoms with Crippen molar-refractivity contribution >= 4 is 21.7 Å². The molecule has 0 spiro atoms. The number of anilines is 1. The molecule has 2 rings (SSSR count). The number of nitrogens with one attached hydrogen (secondary N) is 1. The molecule has 0 bridgehead atoms. The summed E-state index contributed by atoms with van der Waals surface area (Å²) in [7, 11) is 0. The molecule has 20 heavy (non-hydrogen) atoms. The van der Waals surface area contributed by atoms with Gasteiger partial charge in [-0.05, 0) is 22.9 Å². The van der Waals surface area contributed by atoms with Gasteiger partial charge in [-0.1, -0.05) is 13.8 Å². The fourth-order valence-electron chi connectivity index (χ4n) is 2.24. The Labute approximate surface area is 129 Å². The number of morpholine rings is 1. The van der Waals surface area contributed by atoms with Gasteiger partial charge in [-0.25, -0.2) is 9.97 Å². The highest BCUT2D eigenvalue weighted by Gasteiger charge is 2.14. The van der Waals surface area contributed by atoms with Crippen LogP contribution in [0.3, 0.4) is 0 Å². The zero-order valence-electron chi connectivity index (χ0n) is 12.4. The molecule has 1 aliphatic heterocycles. The van der Waals surface area contributed by atoms with Gasteiger partial charge in [0, 0.05) is 37.7 Å². The number of aromatic nitrogens is 2. The van der Waals surface area contributed by atoms with E-state index in [1.165, 1.54) is 0 Å². The lowest BCUT2D eigenvalue weighted by molar-refractivity contribution is 0.0368. The third-order valence-corrected chi connectivity index (χ3v) is 3.66. The summed E-state index contributed by atoms with van der Waals surface area (Å²) in [5.74, 6) is 2.07. The lowest BCUT2D eigenvalue weighted by Gasteiger charge is -2.29. The number of hydrogen-bond acceptors (Lipinski definition) is 5. The smallest absolute Gasteiger partial charge is 0.134 e. The first-order valence-electron chi connectivity index (χ1n) is 7.15. The summed E-state index contributed by atoms with van der Waals surface area (Å²) in [5.41, 5.74) is 0. The molecule has 0 amide bonds. The minimum Gasteiger partial charge on any atom is -0.379 e. The number of nitrogens with zero attached hydrogens (tertiary/aromatic N) is 3. The van der Waals surface area contributed by atoms with E-state index >= 15 is 0 Å². The molecule has 0 radical (unpaired) electrons. The van der Waals surface area contributed by atoms with E-state index in [1.807, 2.05) is 6.07 Å². The fourth-order valence-corrected chi connectivity index (χ4v) is 2.63. The van der Waals surface area contributed by atoms with Crippen LogP contribution in [0, 0.1) is 0 Å². The van der Waals surface area contributed by atoms with Crippen LogP contribution in [0.15, 0.2) is 10.7 Å². The van der Waals surface area contributed by atoms with Gasteiger partial charge in [-0.15, -0.1) is 0 Å². The lowest BCUT2D eigenvalue weighted by Crippen LogP contribution is -2.42. The second-order valence-electron chi connectivity index (χ2n) is 5.55. The maximum Gasteiger partial charge on any atom is 0.134 e. The van der Waals surface area contributed by atoms with Crippen molar-refractivity contribution in [1.29, 1.82) is 0 Å². The number of ether oxygens (including phenoxy) is 1. The number of halogens is 1. The molecule has 1 aromatic rings. The summed E-state index contributed by atoms with van der Waals surface area (Å²) in [4.78, 5) is 11.4. The van der Waals surface area contributed by atoms with E-state index < -0.39 is 0 Å². The number of hydrogen-bond donors (Lipinski definition) is 1. The van der Waals surface area contributed by atoms with E-state index in [1.54, 1.807) is 0 Å². The predicted octanol–water partition coefficient (Wildman–Crippen LogP) is 2.50. The minimum absolute atomic E-state index is 0.322. The number of rotatable bonds is 5. The predicted molar refractivity (Wildman–Crippen MR) is 84.2 cm³/mol. The van der Waals surface area contributed by atoms with Crippen molar-refractivity contribution in [2.75, 3.05) is 38.2 Å². The van der Waals surface area contributed by atoms with Gasteiger partial charge in [0.05, 0.1) is 13.2 Å². The monoisotopic (exact) mass is 342 g/mol. The molecular formula is C14H23BrN4O. The van der Waals surface area contributed by atoms with Crippen LogP contribution in [-0.4, -0.2) is 53.8 Å². The van der Waals surface area contributed by atoms with Crippen molar-refractivity contribution in [3.63, 3.8) is 0 Å². The Morgan fingerprint density at radius 3 is 2.65 bits per heavy atom. The molecular weight excluding hydrogens is 320 g/mol. The summed E-state index contributed by atoms with van der Waals surface area (Å²) in [5, 5.41) is 3.46. The molecule has 112 valence electrons. The van der Waals surface area contributed by atoms with E-state index in [0.29, 0.717) is 12.0 Å². The highest BCUT2D eigenvalue weighted by Crippen LogP contribution is 2.18. The van der Waals surface area contributed by atoms with E-state index in [2.05, 4.69) is 56.9 Å². The molecule has 0 aromatic carbocycles. The third kappa shape index (κ3) is 4.68. The Kier molecular flexibility index (Phi) is 5.74. The average molecular weight is 343 g/mol. The van der Waals surface area contributed by atoms with Crippen LogP contribution >= 0.6 is 15.9 Å². The maximum absolute atomic E-state index is 5.37. The second kappa shape index (κ2) is 7.33. The topological polar surface area (TPSA) is 50.3 Å². The van der Waals surface area contributed by atoms with Gasteiger partial charge in [0.15, 0.2) is 0 Å². The van der Waals surface area contributed by atoms with Crippen molar-refractivity contribution < 1.29 is 4.74 Å². The average Bonchev–Trinajstić information content (AvgIpc) is 2.38. The molecule has 0 aliphatic carbocycles. The first-order valence-corrected chi connectivity index (χ1v) is 7.95. The Balaban J connectivity index is 1.94. The third-order valence-electron chi connectivity index (χ3n) is 3.26. The van der Waals surface area contributed by atoms with Crippen molar-refractivity contribution in [3.05, 3.63) is 16.5 Å². The van der Waals surface area contributed by atoms with Gasteiger partial charge in [0.1, 0.15) is 16.2 Å². The zero-order valence-corrected chi connectivity index (χ0v) is 14.0. The van der Waals surface area contributed by atoms with Gasteiger partial charge >= 0.3 is 0 Å². The van der Waals surface area contributed by atoms with Crippen molar-refractivity contribution in [2.45, 2.75) is 32.7 Å². The van der Waals surface area contributed by atoms with Crippen LogP contribution in [0.5, 0.6) is 0 Å². The molecule has 1 unspecified atom stereocenters. The van der Waals surface area contributed by atoms with Gasteiger partial charge in [-0.2, -0.15) is 0 Å². The first kappa shape index (κ1) is 15.7. The van der Waals surface area contributed by atoms with Gasteiger partial charge in [0.25, 0.3) is 0 Å². The minimum atomic E-state index is 0.322. The van der Waals surface area contributed by atoms with Crippen LogP contribution in [0.4, 0.5) is 5.82 Å². The van der Waals surface area contributed by atoms with Gasteiger partial charge in [-0.3, -0.25) is 4.90 Å². The summed E-state index contributed by atoms with van der Waals surface area (Å²) in [6.45, 7) is 11.1.